The molecule has 27 heavy (non-hydrogen) atoms. The average molecular weight is 364 g/mol. The summed E-state index contributed by atoms with van der Waals surface area (Å²) in [6, 6.07) is 6.23. The zero-order valence-electron chi connectivity index (χ0n) is 15.4. The number of nitrogens with zero attached hydrogens (tertiary/aromatic N) is 6. The zero-order valence-corrected chi connectivity index (χ0v) is 15.4. The van der Waals surface area contributed by atoms with Crippen LogP contribution in [0, 0.1) is 0 Å². The summed E-state index contributed by atoms with van der Waals surface area (Å²) in [4.78, 5) is 24.1. The van der Waals surface area contributed by atoms with Crippen molar-refractivity contribution in [3.05, 3.63) is 42.6 Å². The van der Waals surface area contributed by atoms with Crippen molar-refractivity contribution in [1.29, 1.82) is 0 Å². The van der Waals surface area contributed by atoms with Crippen LogP contribution in [0.5, 0.6) is 0 Å². The van der Waals surface area contributed by atoms with Gasteiger partial charge in [-0.1, -0.05) is 6.42 Å². The van der Waals surface area contributed by atoms with Crippen molar-refractivity contribution in [2.24, 2.45) is 0 Å². The van der Waals surface area contributed by atoms with Crippen LogP contribution in [-0.4, -0.2) is 48.2 Å². The van der Waals surface area contributed by atoms with Crippen molar-refractivity contribution in [2.45, 2.75) is 50.6 Å². The minimum atomic E-state index is 0.144. The van der Waals surface area contributed by atoms with Gasteiger partial charge in [-0.3, -0.25) is 9.48 Å². The maximum atomic E-state index is 12.5. The van der Waals surface area contributed by atoms with Crippen molar-refractivity contribution in [1.82, 2.24) is 29.2 Å². The molecule has 7 nitrogen and oxygen atoms in total. The molecule has 0 bridgehead atoms. The molecule has 2 aliphatic rings. The van der Waals surface area contributed by atoms with Crippen molar-refractivity contribution in [3.8, 4) is 0 Å². The molecule has 0 aromatic carbocycles. The van der Waals surface area contributed by atoms with Crippen LogP contribution in [-0.2, 0) is 11.3 Å². The molecule has 3 aromatic heterocycles. The van der Waals surface area contributed by atoms with E-state index in [1.165, 1.54) is 25.1 Å². The Morgan fingerprint density at radius 2 is 1.96 bits per heavy atom. The fourth-order valence-corrected chi connectivity index (χ4v) is 4.27. The van der Waals surface area contributed by atoms with Crippen LogP contribution in [0.3, 0.4) is 0 Å². The third kappa shape index (κ3) is 3.01. The van der Waals surface area contributed by atoms with E-state index >= 15 is 0 Å². The van der Waals surface area contributed by atoms with Crippen LogP contribution in [0.25, 0.3) is 11.2 Å². The molecular weight excluding hydrogens is 340 g/mol. The van der Waals surface area contributed by atoms with Gasteiger partial charge in [0.25, 0.3) is 0 Å². The van der Waals surface area contributed by atoms with Gasteiger partial charge in [0, 0.05) is 43.6 Å². The van der Waals surface area contributed by atoms with Crippen LogP contribution < -0.4 is 0 Å². The third-order valence-corrected chi connectivity index (χ3v) is 5.99. The largest absolute Gasteiger partial charge is 0.341 e. The molecule has 0 radical (unpaired) electrons. The number of imidazole rings is 1. The number of hydrogen-bond donors (Lipinski definition) is 0. The molecule has 0 spiro atoms. The number of amides is 1. The summed E-state index contributed by atoms with van der Waals surface area (Å²) in [6.45, 7) is 1.88. The average Bonchev–Trinajstić information content (AvgIpc) is 3.28. The van der Waals surface area contributed by atoms with Crippen LogP contribution >= 0.6 is 0 Å². The molecule has 3 aromatic rings. The fourth-order valence-electron chi connectivity index (χ4n) is 4.27. The van der Waals surface area contributed by atoms with Gasteiger partial charge in [-0.25, -0.2) is 9.97 Å². The number of fused-ring (bicyclic) bond motifs is 1. The first kappa shape index (κ1) is 16.5. The fraction of sp³-hybridized carbons (Fsp3) is 0.500. The van der Waals surface area contributed by atoms with E-state index in [2.05, 4.69) is 20.7 Å². The molecule has 1 amide bonds. The van der Waals surface area contributed by atoms with E-state index in [1.54, 1.807) is 10.9 Å². The Morgan fingerprint density at radius 1 is 1.11 bits per heavy atom. The predicted molar refractivity (Wildman–Crippen MR) is 101 cm³/mol. The second-order valence-corrected chi connectivity index (χ2v) is 7.63. The molecule has 4 heterocycles. The van der Waals surface area contributed by atoms with Crippen LogP contribution in [0.15, 0.2) is 36.8 Å². The molecule has 5 rings (SSSR count). The number of carbonyl (C=O) groups excluding carboxylic acids is 1. The molecule has 7 heteroatoms. The highest BCUT2D eigenvalue weighted by Gasteiger charge is 2.31. The Bertz CT molecular complexity index is 935. The number of carbonyl (C=O) groups is 1. The van der Waals surface area contributed by atoms with Crippen molar-refractivity contribution in [3.63, 3.8) is 0 Å². The number of aromatic nitrogens is 5. The minimum absolute atomic E-state index is 0.144. The molecular formula is C20H24N6O. The van der Waals surface area contributed by atoms with Crippen LogP contribution in [0.4, 0.5) is 0 Å². The normalized spacial score (nSPS) is 18.7. The molecule has 0 atom stereocenters. The highest BCUT2D eigenvalue weighted by molar-refractivity contribution is 5.76. The van der Waals surface area contributed by atoms with Gasteiger partial charge >= 0.3 is 0 Å². The number of hydrogen-bond acceptors (Lipinski definition) is 4. The lowest BCUT2D eigenvalue weighted by Crippen LogP contribution is -2.41. The van der Waals surface area contributed by atoms with Gasteiger partial charge in [0.05, 0.1) is 0 Å². The third-order valence-electron chi connectivity index (χ3n) is 5.99. The molecule has 1 saturated carbocycles. The van der Waals surface area contributed by atoms with Gasteiger partial charge in [0.2, 0.25) is 5.91 Å². The quantitative estimate of drug-likeness (QED) is 0.714. The lowest BCUT2D eigenvalue weighted by Gasteiger charge is -2.35. The van der Waals surface area contributed by atoms with Gasteiger partial charge in [-0.2, -0.15) is 5.10 Å². The Kier molecular flexibility index (Phi) is 4.14. The SMILES string of the molecule is O=C(Cn1cccn1)N1CCC(n2c(C3CCC3)nc3cccnc32)CC1. The zero-order chi connectivity index (χ0) is 18.2. The summed E-state index contributed by atoms with van der Waals surface area (Å²) < 4.78 is 4.07. The lowest BCUT2D eigenvalue weighted by atomic mass is 9.84. The standard InChI is InChI=1S/C20H24N6O/c27-18(14-25-11-3-10-22-25)24-12-7-16(8-13-24)26-19(15-4-1-5-15)23-17-6-2-9-21-20(17)26/h2-3,6,9-11,15-16H,1,4-5,7-8,12-14H2. The number of piperidine rings is 1. The van der Waals surface area contributed by atoms with E-state index in [9.17, 15) is 4.79 Å². The molecule has 140 valence electrons. The number of likely N-dealkylation sites (tertiary alicyclic amines) is 1. The predicted octanol–water partition coefficient (Wildman–Crippen LogP) is 2.76. The second-order valence-electron chi connectivity index (χ2n) is 7.63. The smallest absolute Gasteiger partial charge is 0.244 e. The summed E-state index contributed by atoms with van der Waals surface area (Å²) in [5, 5.41) is 4.14. The highest BCUT2D eigenvalue weighted by Crippen LogP contribution is 2.39. The first-order chi connectivity index (χ1) is 13.3. The maximum absolute atomic E-state index is 12.5. The first-order valence-corrected chi connectivity index (χ1v) is 9.87. The summed E-state index contributed by atoms with van der Waals surface area (Å²) >= 11 is 0. The maximum Gasteiger partial charge on any atom is 0.244 e. The molecule has 1 saturated heterocycles. The minimum Gasteiger partial charge on any atom is -0.341 e. The van der Waals surface area contributed by atoms with Crippen LogP contribution in [0.1, 0.15) is 49.9 Å². The van der Waals surface area contributed by atoms with E-state index in [1.807, 2.05) is 29.4 Å². The van der Waals surface area contributed by atoms with Crippen molar-refractivity contribution >= 4 is 17.1 Å². The molecule has 0 N–H and O–H groups in total. The van der Waals surface area contributed by atoms with Crippen molar-refractivity contribution in [2.75, 3.05) is 13.1 Å². The van der Waals surface area contributed by atoms with Crippen molar-refractivity contribution < 1.29 is 4.79 Å². The van der Waals surface area contributed by atoms with Crippen LogP contribution in [0.2, 0.25) is 0 Å². The lowest BCUT2D eigenvalue weighted by molar-refractivity contribution is -0.133. The van der Waals surface area contributed by atoms with Gasteiger partial charge in [-0.05, 0) is 43.9 Å². The Morgan fingerprint density at radius 3 is 2.67 bits per heavy atom. The van der Waals surface area contributed by atoms with E-state index in [0.717, 1.165) is 37.1 Å². The van der Waals surface area contributed by atoms with Gasteiger partial charge in [0.1, 0.15) is 17.9 Å². The topological polar surface area (TPSA) is 68.8 Å². The Balaban J connectivity index is 1.34. The van der Waals surface area contributed by atoms with E-state index in [4.69, 9.17) is 4.98 Å². The second kappa shape index (κ2) is 6.79. The first-order valence-electron chi connectivity index (χ1n) is 9.87. The van der Waals surface area contributed by atoms with E-state index in [0.29, 0.717) is 18.5 Å². The highest BCUT2D eigenvalue weighted by atomic mass is 16.2. The molecule has 1 aliphatic carbocycles. The van der Waals surface area contributed by atoms with E-state index in [-0.39, 0.29) is 5.91 Å². The Hall–Kier alpha value is -2.70. The summed E-state index contributed by atoms with van der Waals surface area (Å²) in [5.41, 5.74) is 2.00. The summed E-state index contributed by atoms with van der Waals surface area (Å²) in [5.74, 6) is 1.92. The molecule has 2 fully saturated rings. The summed E-state index contributed by atoms with van der Waals surface area (Å²) in [7, 11) is 0. The van der Waals surface area contributed by atoms with Gasteiger partial charge in [0.15, 0.2) is 5.65 Å². The van der Waals surface area contributed by atoms with Gasteiger partial charge in [-0.15, -0.1) is 0 Å². The summed E-state index contributed by atoms with van der Waals surface area (Å²) in [6.07, 6.45) is 11.0. The molecule has 0 unspecified atom stereocenters. The van der Waals surface area contributed by atoms with E-state index < -0.39 is 0 Å². The number of rotatable bonds is 4. The monoisotopic (exact) mass is 364 g/mol. The number of pyridine rings is 1. The Labute approximate surface area is 158 Å². The molecule has 1 aliphatic heterocycles. The van der Waals surface area contributed by atoms with Gasteiger partial charge < -0.3 is 9.47 Å².